The molecule has 3 N–H and O–H groups in total. The van der Waals surface area contributed by atoms with Crippen molar-refractivity contribution >= 4 is 29.0 Å². The second-order valence-corrected chi connectivity index (χ2v) is 7.29. The molecule has 1 heterocycles. The highest BCUT2D eigenvalue weighted by molar-refractivity contribution is 6.30. The maximum absolute atomic E-state index is 11.8. The van der Waals surface area contributed by atoms with Crippen LogP contribution in [0.3, 0.4) is 0 Å². The van der Waals surface area contributed by atoms with Crippen molar-refractivity contribution < 1.29 is 9.63 Å². The highest BCUT2D eigenvalue weighted by Crippen LogP contribution is 2.15. The van der Waals surface area contributed by atoms with Gasteiger partial charge >= 0.3 is 0 Å². The minimum Gasteiger partial charge on any atom is -0.384 e. The van der Waals surface area contributed by atoms with Crippen LogP contribution in [0, 0.1) is 0 Å². The maximum Gasteiger partial charge on any atom is 0.261 e. The van der Waals surface area contributed by atoms with Gasteiger partial charge in [-0.25, -0.2) is 0 Å². The molecule has 0 atom stereocenters. The first kappa shape index (κ1) is 21.0. The van der Waals surface area contributed by atoms with Crippen LogP contribution in [-0.2, 0) is 16.2 Å². The molecule has 0 radical (unpaired) electrons. The van der Waals surface area contributed by atoms with Crippen molar-refractivity contribution in [2.45, 2.75) is 6.54 Å². The number of anilines is 1. The number of piperazine rings is 1. The van der Waals surface area contributed by atoms with Crippen molar-refractivity contribution in [1.29, 1.82) is 0 Å². The lowest BCUT2D eigenvalue weighted by Crippen LogP contribution is -2.49. The van der Waals surface area contributed by atoms with E-state index in [-0.39, 0.29) is 12.5 Å². The van der Waals surface area contributed by atoms with Crippen molar-refractivity contribution in [3.05, 3.63) is 65.2 Å². The number of carbonyl (C=O) groups excluding carboxylic acids is 1. The molecule has 0 saturated carbocycles. The molecule has 0 spiro atoms. The molecule has 2 aromatic rings. The summed E-state index contributed by atoms with van der Waals surface area (Å²) in [6.07, 6.45) is 0. The monoisotopic (exact) mass is 415 g/mol. The molecule has 154 valence electrons. The summed E-state index contributed by atoms with van der Waals surface area (Å²) in [7, 11) is 0. The first-order valence-electron chi connectivity index (χ1n) is 9.58. The van der Waals surface area contributed by atoms with Crippen LogP contribution in [0.5, 0.6) is 0 Å². The Morgan fingerprint density at radius 3 is 2.45 bits per heavy atom. The number of amidine groups is 1. The Balaban J connectivity index is 1.33. The summed E-state index contributed by atoms with van der Waals surface area (Å²) in [5, 5.41) is 7.29. The molecule has 1 aliphatic heterocycles. The molecule has 3 rings (SSSR count). The van der Waals surface area contributed by atoms with Gasteiger partial charge in [0, 0.05) is 43.4 Å². The Hall–Kier alpha value is -2.77. The van der Waals surface area contributed by atoms with Gasteiger partial charge in [0.15, 0.2) is 12.4 Å². The number of para-hydroxylation sites is 1. The molecule has 1 amide bonds. The molecule has 1 fully saturated rings. The topological polar surface area (TPSA) is 83.2 Å². The van der Waals surface area contributed by atoms with E-state index in [1.54, 1.807) is 12.1 Å². The highest BCUT2D eigenvalue weighted by atomic mass is 35.5. The van der Waals surface area contributed by atoms with Gasteiger partial charge in [-0.05, 0) is 29.8 Å². The third kappa shape index (κ3) is 6.96. The standard InChI is InChI=1S/C21H26ClN5O2/c22-18-8-6-17(7-9-18)14-24-21(28)16-29-25-20(23)15-26-10-12-27(13-11-26)19-4-2-1-3-5-19/h1-9H,10-16H2,(H2,23,25)(H,24,28). The lowest BCUT2D eigenvalue weighted by atomic mass is 10.2. The molecular weight excluding hydrogens is 390 g/mol. The third-order valence-corrected chi connectivity index (χ3v) is 4.91. The van der Waals surface area contributed by atoms with E-state index in [2.05, 4.69) is 44.5 Å². The maximum atomic E-state index is 11.8. The summed E-state index contributed by atoms with van der Waals surface area (Å²) >= 11 is 5.84. The number of halogens is 1. The SMILES string of the molecule is NC(CN1CCN(c2ccccc2)CC1)=NOCC(=O)NCc1ccc(Cl)cc1. The molecule has 8 heteroatoms. The van der Waals surface area contributed by atoms with Crippen molar-refractivity contribution in [2.75, 3.05) is 44.2 Å². The number of hydrogen-bond acceptors (Lipinski definition) is 5. The zero-order valence-corrected chi connectivity index (χ0v) is 17.0. The molecule has 29 heavy (non-hydrogen) atoms. The van der Waals surface area contributed by atoms with Crippen molar-refractivity contribution in [3.8, 4) is 0 Å². The Bertz CT molecular complexity index is 806. The summed E-state index contributed by atoms with van der Waals surface area (Å²) in [6.45, 7) is 4.42. The minimum absolute atomic E-state index is 0.171. The van der Waals surface area contributed by atoms with Gasteiger partial charge in [-0.15, -0.1) is 0 Å². The number of nitrogens with zero attached hydrogens (tertiary/aromatic N) is 3. The van der Waals surface area contributed by atoms with E-state index >= 15 is 0 Å². The highest BCUT2D eigenvalue weighted by Gasteiger charge is 2.17. The van der Waals surface area contributed by atoms with E-state index in [1.807, 2.05) is 18.2 Å². The van der Waals surface area contributed by atoms with E-state index in [9.17, 15) is 4.79 Å². The predicted molar refractivity (Wildman–Crippen MR) is 116 cm³/mol. The normalized spacial score (nSPS) is 15.2. The van der Waals surface area contributed by atoms with Crippen molar-refractivity contribution in [2.24, 2.45) is 10.9 Å². The van der Waals surface area contributed by atoms with Crippen molar-refractivity contribution in [1.82, 2.24) is 10.2 Å². The zero-order valence-electron chi connectivity index (χ0n) is 16.3. The number of amides is 1. The molecule has 1 saturated heterocycles. The molecule has 1 aliphatic rings. The smallest absolute Gasteiger partial charge is 0.261 e. The largest absolute Gasteiger partial charge is 0.384 e. The molecule has 0 bridgehead atoms. The fraction of sp³-hybridized carbons (Fsp3) is 0.333. The van der Waals surface area contributed by atoms with Gasteiger partial charge in [0.25, 0.3) is 5.91 Å². The van der Waals surface area contributed by atoms with Crippen LogP contribution in [0.25, 0.3) is 0 Å². The van der Waals surface area contributed by atoms with Gasteiger partial charge in [0.2, 0.25) is 0 Å². The van der Waals surface area contributed by atoms with Gasteiger partial charge in [0.1, 0.15) is 0 Å². The lowest BCUT2D eigenvalue weighted by Gasteiger charge is -2.35. The van der Waals surface area contributed by atoms with E-state index < -0.39 is 0 Å². The third-order valence-electron chi connectivity index (χ3n) is 4.66. The zero-order chi connectivity index (χ0) is 20.5. The molecule has 2 aromatic carbocycles. The fourth-order valence-electron chi connectivity index (χ4n) is 3.09. The predicted octanol–water partition coefficient (Wildman–Crippen LogP) is 2.07. The lowest BCUT2D eigenvalue weighted by molar-refractivity contribution is -0.125. The summed E-state index contributed by atoms with van der Waals surface area (Å²) in [4.78, 5) is 21.5. The summed E-state index contributed by atoms with van der Waals surface area (Å²) in [5.41, 5.74) is 8.14. The van der Waals surface area contributed by atoms with Crippen LogP contribution in [0.1, 0.15) is 5.56 Å². The summed E-state index contributed by atoms with van der Waals surface area (Å²) in [5.74, 6) is 0.108. The fourth-order valence-corrected chi connectivity index (χ4v) is 3.21. The Kier molecular flexibility index (Phi) is 7.72. The minimum atomic E-state index is -0.257. The second kappa shape index (κ2) is 10.7. The number of nitrogens with one attached hydrogen (secondary N) is 1. The van der Waals surface area contributed by atoms with Crippen LogP contribution in [0.2, 0.25) is 5.02 Å². The molecular formula is C21H26ClN5O2. The quantitative estimate of drug-likeness (QED) is 0.392. The van der Waals surface area contributed by atoms with Crippen molar-refractivity contribution in [3.63, 3.8) is 0 Å². The Morgan fingerprint density at radius 1 is 1.07 bits per heavy atom. The van der Waals surface area contributed by atoms with E-state index in [4.69, 9.17) is 22.2 Å². The van der Waals surface area contributed by atoms with Crippen LogP contribution in [-0.4, -0.2) is 56.0 Å². The number of hydrogen-bond donors (Lipinski definition) is 2. The van der Waals surface area contributed by atoms with E-state index in [0.29, 0.717) is 23.9 Å². The van der Waals surface area contributed by atoms with Gasteiger partial charge in [-0.2, -0.15) is 0 Å². The van der Waals surface area contributed by atoms with Crippen LogP contribution in [0.4, 0.5) is 5.69 Å². The molecule has 0 aromatic heterocycles. The summed E-state index contributed by atoms with van der Waals surface area (Å²) in [6, 6.07) is 17.6. The van der Waals surface area contributed by atoms with Gasteiger partial charge < -0.3 is 20.8 Å². The number of benzene rings is 2. The van der Waals surface area contributed by atoms with Gasteiger partial charge in [-0.1, -0.05) is 47.1 Å². The van der Waals surface area contributed by atoms with Gasteiger partial charge in [-0.3, -0.25) is 9.69 Å². The van der Waals surface area contributed by atoms with Crippen LogP contribution >= 0.6 is 11.6 Å². The van der Waals surface area contributed by atoms with Crippen LogP contribution in [0.15, 0.2) is 59.8 Å². The first-order chi connectivity index (χ1) is 14.1. The van der Waals surface area contributed by atoms with E-state index in [1.165, 1.54) is 5.69 Å². The molecule has 0 unspecified atom stereocenters. The number of nitrogens with two attached hydrogens (primary N) is 1. The van der Waals surface area contributed by atoms with E-state index in [0.717, 1.165) is 31.7 Å². The molecule has 7 nitrogen and oxygen atoms in total. The van der Waals surface area contributed by atoms with Gasteiger partial charge in [0.05, 0.1) is 6.54 Å². The number of oxime groups is 1. The average molecular weight is 416 g/mol. The number of rotatable bonds is 8. The second-order valence-electron chi connectivity index (χ2n) is 6.86. The Morgan fingerprint density at radius 2 is 1.76 bits per heavy atom. The molecule has 0 aliphatic carbocycles. The Labute approximate surface area is 176 Å². The first-order valence-corrected chi connectivity index (χ1v) is 9.96. The number of carbonyl (C=O) groups is 1. The summed E-state index contributed by atoms with van der Waals surface area (Å²) < 4.78 is 0. The van der Waals surface area contributed by atoms with Crippen LogP contribution < -0.4 is 16.0 Å². The average Bonchev–Trinajstić information content (AvgIpc) is 2.74.